The third-order valence-electron chi connectivity index (χ3n) is 4.80. The Morgan fingerprint density at radius 1 is 1.28 bits per heavy atom. The van der Waals surface area contributed by atoms with Gasteiger partial charge < -0.3 is 15.4 Å². The van der Waals surface area contributed by atoms with Crippen LogP contribution >= 0.6 is 23.2 Å². The second-order valence-electron chi connectivity index (χ2n) is 7.04. The minimum atomic E-state index is -1.13. The lowest BCUT2D eigenvalue weighted by Gasteiger charge is -2.21. The van der Waals surface area contributed by atoms with E-state index >= 15 is 0 Å². The number of carbonyl (C=O) groups is 4. The summed E-state index contributed by atoms with van der Waals surface area (Å²) in [6.07, 6.45) is -0.748. The smallest absolute Gasteiger partial charge is 0.327 e. The van der Waals surface area contributed by atoms with Gasteiger partial charge in [0, 0.05) is 10.0 Å². The van der Waals surface area contributed by atoms with E-state index in [0.29, 0.717) is 22.0 Å². The minimum Gasteiger partial charge on any atom is -0.451 e. The van der Waals surface area contributed by atoms with Crippen molar-refractivity contribution in [1.82, 2.24) is 15.5 Å². The van der Waals surface area contributed by atoms with Crippen LogP contribution in [-0.2, 0) is 19.1 Å². The first-order chi connectivity index (χ1) is 13.5. The molecule has 3 unspecified atom stereocenters. The number of hydrogen-bond donors (Lipinski definition) is 2. The van der Waals surface area contributed by atoms with Crippen LogP contribution in [0.25, 0.3) is 0 Å². The number of amides is 4. The lowest BCUT2D eigenvalue weighted by atomic mass is 9.99. The van der Waals surface area contributed by atoms with Gasteiger partial charge >= 0.3 is 12.0 Å². The highest BCUT2D eigenvalue weighted by atomic mass is 35.5. The Labute approximate surface area is 178 Å². The van der Waals surface area contributed by atoms with Crippen molar-refractivity contribution in [1.29, 1.82) is 0 Å². The Bertz CT molecular complexity index is 847. The van der Waals surface area contributed by atoms with E-state index in [0.717, 1.165) is 4.90 Å². The van der Waals surface area contributed by atoms with Gasteiger partial charge in [0.05, 0.1) is 6.04 Å². The summed E-state index contributed by atoms with van der Waals surface area (Å²) in [7, 11) is 0. The molecule has 1 fully saturated rings. The van der Waals surface area contributed by atoms with E-state index in [1.807, 2.05) is 0 Å². The second kappa shape index (κ2) is 9.00. The molecule has 2 rings (SSSR count). The lowest BCUT2D eigenvalue weighted by Crippen LogP contribution is -2.44. The number of halogens is 2. The van der Waals surface area contributed by atoms with Gasteiger partial charge in [0.2, 0.25) is 0 Å². The van der Waals surface area contributed by atoms with Gasteiger partial charge in [-0.2, -0.15) is 0 Å². The highest BCUT2D eigenvalue weighted by Gasteiger charge is 2.47. The number of ether oxygens (including phenoxy) is 1. The molecule has 1 aliphatic rings. The van der Waals surface area contributed by atoms with Crippen molar-refractivity contribution in [2.75, 3.05) is 6.54 Å². The first-order valence-corrected chi connectivity index (χ1v) is 9.83. The fourth-order valence-corrected chi connectivity index (χ4v) is 3.38. The van der Waals surface area contributed by atoms with Crippen molar-refractivity contribution in [2.24, 2.45) is 0 Å². The molecule has 0 spiro atoms. The van der Waals surface area contributed by atoms with E-state index in [4.69, 9.17) is 27.9 Å². The number of rotatable bonds is 7. The molecule has 1 aromatic carbocycles. The van der Waals surface area contributed by atoms with Gasteiger partial charge in [-0.05, 0) is 44.9 Å². The van der Waals surface area contributed by atoms with Gasteiger partial charge in [0.15, 0.2) is 6.10 Å². The van der Waals surface area contributed by atoms with Crippen LogP contribution in [0, 0.1) is 0 Å². The normalized spacial score (nSPS) is 20.8. The summed E-state index contributed by atoms with van der Waals surface area (Å²) < 4.78 is 5.08. The zero-order chi connectivity index (χ0) is 21.9. The molecule has 3 atom stereocenters. The summed E-state index contributed by atoms with van der Waals surface area (Å²) in [6.45, 7) is 5.88. The first kappa shape index (κ1) is 23.0. The van der Waals surface area contributed by atoms with Crippen LogP contribution in [0.3, 0.4) is 0 Å². The van der Waals surface area contributed by atoms with Crippen LogP contribution < -0.4 is 10.6 Å². The molecule has 1 aromatic rings. The van der Waals surface area contributed by atoms with Crippen LogP contribution in [0.1, 0.15) is 45.7 Å². The van der Waals surface area contributed by atoms with E-state index in [2.05, 4.69) is 10.6 Å². The van der Waals surface area contributed by atoms with Gasteiger partial charge in [-0.1, -0.05) is 36.2 Å². The van der Waals surface area contributed by atoms with Crippen LogP contribution in [-0.4, -0.2) is 46.9 Å². The minimum absolute atomic E-state index is 0.382. The Kier molecular flexibility index (Phi) is 7.13. The summed E-state index contributed by atoms with van der Waals surface area (Å²) in [5.74, 6) is -1.92. The summed E-state index contributed by atoms with van der Waals surface area (Å²) in [6, 6.07) is 3.78. The molecule has 0 radical (unpaired) electrons. The van der Waals surface area contributed by atoms with Crippen LogP contribution in [0.4, 0.5) is 4.79 Å². The van der Waals surface area contributed by atoms with E-state index in [-0.39, 0.29) is 0 Å². The quantitative estimate of drug-likeness (QED) is 0.497. The molecule has 2 N–H and O–H groups in total. The molecule has 0 aromatic heterocycles. The number of carbonyl (C=O) groups excluding carboxylic acids is 4. The number of benzene rings is 1. The van der Waals surface area contributed by atoms with Crippen LogP contribution in [0.15, 0.2) is 18.2 Å². The SMILES string of the molecule is CCC1(C)NC(=O)N(CC(=O)OC(C)C(=O)NC(C)c2ccc(Cl)cc2Cl)C1=O. The topological polar surface area (TPSA) is 105 Å². The average Bonchev–Trinajstić information content (AvgIpc) is 2.85. The monoisotopic (exact) mass is 443 g/mol. The number of urea groups is 1. The third kappa shape index (κ3) is 5.19. The summed E-state index contributed by atoms with van der Waals surface area (Å²) >= 11 is 12.0. The Hall–Kier alpha value is -2.32. The van der Waals surface area contributed by atoms with Crippen molar-refractivity contribution < 1.29 is 23.9 Å². The summed E-state index contributed by atoms with van der Waals surface area (Å²) in [5, 5.41) is 6.10. The Balaban J connectivity index is 1.93. The van der Waals surface area contributed by atoms with Gasteiger partial charge in [-0.3, -0.25) is 19.3 Å². The van der Waals surface area contributed by atoms with Crippen LogP contribution in [0.2, 0.25) is 10.0 Å². The molecular weight excluding hydrogens is 421 g/mol. The number of hydrogen-bond acceptors (Lipinski definition) is 5. The first-order valence-electron chi connectivity index (χ1n) is 9.07. The maximum atomic E-state index is 12.3. The molecule has 0 aliphatic carbocycles. The highest BCUT2D eigenvalue weighted by molar-refractivity contribution is 6.35. The molecule has 158 valence electrons. The molecule has 10 heteroatoms. The number of esters is 1. The highest BCUT2D eigenvalue weighted by Crippen LogP contribution is 2.26. The zero-order valence-electron chi connectivity index (χ0n) is 16.5. The van der Waals surface area contributed by atoms with E-state index in [1.165, 1.54) is 6.92 Å². The molecule has 8 nitrogen and oxygen atoms in total. The van der Waals surface area contributed by atoms with E-state index in [1.54, 1.807) is 39.0 Å². The molecule has 1 saturated heterocycles. The van der Waals surface area contributed by atoms with E-state index < -0.39 is 48.0 Å². The fraction of sp³-hybridized carbons (Fsp3) is 0.474. The third-order valence-corrected chi connectivity index (χ3v) is 5.37. The molecule has 0 bridgehead atoms. The Morgan fingerprint density at radius 3 is 2.48 bits per heavy atom. The van der Waals surface area contributed by atoms with Crippen molar-refractivity contribution in [3.63, 3.8) is 0 Å². The van der Waals surface area contributed by atoms with Gasteiger partial charge in [0.1, 0.15) is 12.1 Å². The van der Waals surface area contributed by atoms with Gasteiger partial charge in [-0.15, -0.1) is 0 Å². The molecule has 1 heterocycles. The molecule has 0 saturated carbocycles. The zero-order valence-corrected chi connectivity index (χ0v) is 18.1. The molecule has 1 aliphatic heterocycles. The maximum Gasteiger partial charge on any atom is 0.327 e. The average molecular weight is 444 g/mol. The fourth-order valence-electron chi connectivity index (χ4n) is 2.81. The largest absolute Gasteiger partial charge is 0.451 e. The lowest BCUT2D eigenvalue weighted by molar-refractivity contribution is -0.156. The summed E-state index contributed by atoms with van der Waals surface area (Å²) in [5.41, 5.74) is -0.394. The van der Waals surface area contributed by atoms with Crippen molar-refractivity contribution >= 4 is 47.0 Å². The standard InChI is InChI=1S/C19H23Cl2N3O5/c1-5-19(4)17(27)24(18(28)23-19)9-15(25)29-11(3)16(26)22-10(2)13-7-6-12(20)8-14(13)21/h6-8,10-11H,5,9H2,1-4H3,(H,22,26)(H,23,28). The van der Waals surface area contributed by atoms with Crippen molar-refractivity contribution in [3.8, 4) is 0 Å². The predicted molar refractivity (Wildman–Crippen MR) is 108 cm³/mol. The molecular formula is C19H23Cl2N3O5. The van der Waals surface area contributed by atoms with Crippen molar-refractivity contribution in [2.45, 2.75) is 51.8 Å². The van der Waals surface area contributed by atoms with Crippen molar-refractivity contribution in [3.05, 3.63) is 33.8 Å². The van der Waals surface area contributed by atoms with E-state index in [9.17, 15) is 19.2 Å². The van der Waals surface area contributed by atoms with Gasteiger partial charge in [-0.25, -0.2) is 4.79 Å². The van der Waals surface area contributed by atoms with Crippen LogP contribution in [0.5, 0.6) is 0 Å². The number of nitrogens with zero attached hydrogens (tertiary/aromatic N) is 1. The number of imide groups is 1. The molecule has 29 heavy (non-hydrogen) atoms. The maximum absolute atomic E-state index is 12.3. The number of nitrogens with one attached hydrogen (secondary N) is 2. The predicted octanol–water partition coefficient (Wildman–Crippen LogP) is 2.82. The molecule has 4 amide bonds. The summed E-state index contributed by atoms with van der Waals surface area (Å²) in [4.78, 5) is 49.5. The second-order valence-corrected chi connectivity index (χ2v) is 7.88. The van der Waals surface area contributed by atoms with Gasteiger partial charge in [0.25, 0.3) is 11.8 Å². The Morgan fingerprint density at radius 2 is 1.93 bits per heavy atom.